The van der Waals surface area contributed by atoms with E-state index in [1.807, 2.05) is 0 Å². The van der Waals surface area contributed by atoms with Gasteiger partial charge in [0.15, 0.2) is 0 Å². The molecule has 3 heteroatoms. The van der Waals surface area contributed by atoms with E-state index in [1.165, 1.54) is 12.1 Å². The van der Waals surface area contributed by atoms with Gasteiger partial charge in [-0.25, -0.2) is 4.39 Å². The zero-order chi connectivity index (χ0) is 11.4. The Kier molecular flexibility index (Phi) is 4.09. The van der Waals surface area contributed by atoms with Crippen molar-refractivity contribution in [1.29, 1.82) is 0 Å². The van der Waals surface area contributed by atoms with E-state index in [2.05, 4.69) is 13.8 Å². The van der Waals surface area contributed by atoms with E-state index < -0.39 is 0 Å². The Labute approximate surface area is 90.2 Å². The van der Waals surface area contributed by atoms with Gasteiger partial charge in [0.2, 0.25) is 0 Å². The van der Waals surface area contributed by atoms with Crippen LogP contribution in [-0.2, 0) is 0 Å². The van der Waals surface area contributed by atoms with Gasteiger partial charge in [-0.05, 0) is 24.1 Å². The predicted octanol–water partition coefficient (Wildman–Crippen LogP) is 2.88. The second-order valence-corrected chi connectivity index (χ2v) is 3.80. The fourth-order valence-corrected chi connectivity index (χ4v) is 1.53. The molecule has 0 heterocycles. The van der Waals surface area contributed by atoms with Gasteiger partial charge in [-0.15, -0.1) is 0 Å². The lowest BCUT2D eigenvalue weighted by Crippen LogP contribution is -2.19. The number of benzene rings is 1. The Balaban J connectivity index is 3.05. The fraction of sp³-hybridized carbons (Fsp3) is 0.500. The molecule has 1 unspecified atom stereocenters. The second-order valence-electron chi connectivity index (χ2n) is 3.80. The van der Waals surface area contributed by atoms with E-state index in [0.29, 0.717) is 11.7 Å². The SMILES string of the molecule is CCC(C)[C@@H](N)c1cc(F)ccc1OC. The van der Waals surface area contributed by atoms with Crippen molar-refractivity contribution in [3.05, 3.63) is 29.6 Å². The van der Waals surface area contributed by atoms with E-state index in [-0.39, 0.29) is 11.9 Å². The van der Waals surface area contributed by atoms with Crippen molar-refractivity contribution in [2.45, 2.75) is 26.3 Å². The third-order valence-corrected chi connectivity index (χ3v) is 2.81. The first kappa shape index (κ1) is 12.0. The van der Waals surface area contributed by atoms with Crippen molar-refractivity contribution in [3.8, 4) is 5.75 Å². The van der Waals surface area contributed by atoms with E-state index in [4.69, 9.17) is 10.5 Å². The molecule has 2 nitrogen and oxygen atoms in total. The predicted molar refractivity (Wildman–Crippen MR) is 59.3 cm³/mol. The number of rotatable bonds is 4. The maximum atomic E-state index is 13.1. The molecular weight excluding hydrogens is 193 g/mol. The summed E-state index contributed by atoms with van der Waals surface area (Å²) in [5, 5.41) is 0. The van der Waals surface area contributed by atoms with Crippen LogP contribution >= 0.6 is 0 Å². The Morgan fingerprint density at radius 2 is 2.13 bits per heavy atom. The summed E-state index contributed by atoms with van der Waals surface area (Å²) in [4.78, 5) is 0. The number of halogens is 1. The van der Waals surface area contributed by atoms with E-state index in [0.717, 1.165) is 12.0 Å². The summed E-state index contributed by atoms with van der Waals surface area (Å²) in [5.41, 5.74) is 6.79. The average Bonchev–Trinajstić information content (AvgIpc) is 2.27. The minimum atomic E-state index is -0.274. The molecule has 0 saturated heterocycles. The summed E-state index contributed by atoms with van der Waals surface area (Å²) in [6.45, 7) is 4.12. The van der Waals surface area contributed by atoms with Crippen LogP contribution in [0.5, 0.6) is 5.75 Å². The van der Waals surface area contributed by atoms with Gasteiger partial charge in [-0.2, -0.15) is 0 Å². The molecule has 0 radical (unpaired) electrons. The molecule has 1 aromatic rings. The molecule has 0 amide bonds. The highest BCUT2D eigenvalue weighted by molar-refractivity contribution is 5.36. The summed E-state index contributed by atoms with van der Waals surface area (Å²) in [5.74, 6) is 0.689. The molecule has 1 aromatic carbocycles. The van der Waals surface area contributed by atoms with Crippen LogP contribution in [0.25, 0.3) is 0 Å². The number of hydrogen-bond acceptors (Lipinski definition) is 2. The van der Waals surface area contributed by atoms with Gasteiger partial charge < -0.3 is 10.5 Å². The van der Waals surface area contributed by atoms with Crippen LogP contribution in [0, 0.1) is 11.7 Å². The lowest BCUT2D eigenvalue weighted by Gasteiger charge is -2.20. The smallest absolute Gasteiger partial charge is 0.123 e. The molecule has 0 saturated carbocycles. The minimum absolute atomic E-state index is 0.180. The Hall–Kier alpha value is -1.09. The maximum absolute atomic E-state index is 13.1. The normalized spacial score (nSPS) is 14.7. The highest BCUT2D eigenvalue weighted by Crippen LogP contribution is 2.30. The summed E-state index contributed by atoms with van der Waals surface area (Å²) >= 11 is 0. The van der Waals surface area contributed by atoms with Crippen LogP contribution in [-0.4, -0.2) is 7.11 Å². The molecule has 0 fully saturated rings. The highest BCUT2D eigenvalue weighted by atomic mass is 19.1. The highest BCUT2D eigenvalue weighted by Gasteiger charge is 2.17. The molecule has 2 atom stereocenters. The van der Waals surface area contributed by atoms with Crippen LogP contribution < -0.4 is 10.5 Å². The standard InChI is InChI=1S/C12H18FNO/c1-4-8(2)12(14)10-7-9(13)5-6-11(10)15-3/h5-8,12H,4,14H2,1-3H3/t8?,12-/m1/s1. The molecule has 0 aromatic heterocycles. The fourth-order valence-electron chi connectivity index (χ4n) is 1.53. The van der Waals surface area contributed by atoms with Crippen molar-refractivity contribution in [1.82, 2.24) is 0 Å². The molecule has 0 aliphatic heterocycles. The Bertz CT molecular complexity index is 327. The van der Waals surface area contributed by atoms with Gasteiger partial charge in [0.1, 0.15) is 11.6 Å². The second kappa shape index (κ2) is 5.12. The van der Waals surface area contributed by atoms with Gasteiger partial charge in [0.05, 0.1) is 7.11 Å². The van der Waals surface area contributed by atoms with Crippen molar-refractivity contribution in [3.63, 3.8) is 0 Å². The average molecular weight is 211 g/mol. The van der Waals surface area contributed by atoms with Crippen molar-refractivity contribution in [2.75, 3.05) is 7.11 Å². The number of nitrogens with two attached hydrogens (primary N) is 1. The molecule has 2 N–H and O–H groups in total. The molecule has 0 bridgehead atoms. The Morgan fingerprint density at radius 1 is 1.47 bits per heavy atom. The number of ether oxygens (including phenoxy) is 1. The minimum Gasteiger partial charge on any atom is -0.496 e. The topological polar surface area (TPSA) is 35.2 Å². The zero-order valence-electron chi connectivity index (χ0n) is 9.46. The quantitative estimate of drug-likeness (QED) is 0.831. The van der Waals surface area contributed by atoms with E-state index in [9.17, 15) is 4.39 Å². The molecule has 0 aliphatic rings. The van der Waals surface area contributed by atoms with Crippen LogP contribution in [0.2, 0.25) is 0 Å². The van der Waals surface area contributed by atoms with Gasteiger partial charge in [0, 0.05) is 11.6 Å². The molecular formula is C12H18FNO. The number of methoxy groups -OCH3 is 1. The van der Waals surface area contributed by atoms with E-state index >= 15 is 0 Å². The molecule has 15 heavy (non-hydrogen) atoms. The Morgan fingerprint density at radius 3 is 2.67 bits per heavy atom. The molecule has 0 spiro atoms. The van der Waals surface area contributed by atoms with Crippen molar-refractivity contribution < 1.29 is 9.13 Å². The molecule has 0 aliphatic carbocycles. The number of hydrogen-bond donors (Lipinski definition) is 1. The van der Waals surface area contributed by atoms with Gasteiger partial charge in [-0.1, -0.05) is 20.3 Å². The summed E-state index contributed by atoms with van der Waals surface area (Å²) in [7, 11) is 1.57. The van der Waals surface area contributed by atoms with Crippen LogP contribution in [0.15, 0.2) is 18.2 Å². The third-order valence-electron chi connectivity index (χ3n) is 2.81. The van der Waals surface area contributed by atoms with Crippen molar-refractivity contribution in [2.24, 2.45) is 11.7 Å². The van der Waals surface area contributed by atoms with Crippen LogP contribution in [0.1, 0.15) is 31.9 Å². The van der Waals surface area contributed by atoms with Crippen molar-refractivity contribution >= 4 is 0 Å². The van der Waals surface area contributed by atoms with Gasteiger partial charge >= 0.3 is 0 Å². The third kappa shape index (κ3) is 2.69. The largest absolute Gasteiger partial charge is 0.496 e. The lowest BCUT2D eigenvalue weighted by atomic mass is 9.93. The summed E-state index contributed by atoms with van der Waals surface area (Å²) < 4.78 is 18.3. The first-order valence-electron chi connectivity index (χ1n) is 5.19. The monoisotopic (exact) mass is 211 g/mol. The molecule has 84 valence electrons. The zero-order valence-corrected chi connectivity index (χ0v) is 9.46. The van der Waals surface area contributed by atoms with Crippen LogP contribution in [0.4, 0.5) is 4.39 Å². The van der Waals surface area contributed by atoms with Crippen LogP contribution in [0.3, 0.4) is 0 Å². The first-order valence-corrected chi connectivity index (χ1v) is 5.19. The van der Waals surface area contributed by atoms with Gasteiger partial charge in [0.25, 0.3) is 0 Å². The maximum Gasteiger partial charge on any atom is 0.123 e. The molecule has 1 rings (SSSR count). The first-order chi connectivity index (χ1) is 7.10. The summed E-state index contributed by atoms with van der Waals surface area (Å²) in [6.07, 6.45) is 0.959. The van der Waals surface area contributed by atoms with E-state index in [1.54, 1.807) is 13.2 Å². The van der Waals surface area contributed by atoms with Gasteiger partial charge in [-0.3, -0.25) is 0 Å². The lowest BCUT2D eigenvalue weighted by molar-refractivity contribution is 0.386. The summed E-state index contributed by atoms with van der Waals surface area (Å²) in [6, 6.07) is 4.27.